The molecule has 0 fully saturated rings. The SMILES string of the molecule is Cc1ccccc1-n1c(C)nnc1SCc1cccc([N+](=O)[O-])c1C. The van der Waals surface area contributed by atoms with E-state index >= 15 is 0 Å². The van der Waals surface area contributed by atoms with Crippen molar-refractivity contribution in [1.82, 2.24) is 14.8 Å². The highest BCUT2D eigenvalue weighted by Crippen LogP contribution is 2.29. The van der Waals surface area contributed by atoms with E-state index in [1.165, 1.54) is 17.8 Å². The predicted octanol–water partition coefficient (Wildman–Crippen LogP) is 4.39. The van der Waals surface area contributed by atoms with Crippen molar-refractivity contribution in [2.75, 3.05) is 0 Å². The number of thioether (sulfide) groups is 1. The summed E-state index contributed by atoms with van der Waals surface area (Å²) in [6, 6.07) is 13.2. The van der Waals surface area contributed by atoms with Crippen LogP contribution in [0.5, 0.6) is 0 Å². The predicted molar refractivity (Wildman–Crippen MR) is 98.2 cm³/mol. The molecule has 3 rings (SSSR count). The van der Waals surface area contributed by atoms with Crippen LogP contribution in [0, 0.1) is 30.9 Å². The Morgan fingerprint density at radius 2 is 1.84 bits per heavy atom. The quantitative estimate of drug-likeness (QED) is 0.386. The molecule has 7 heteroatoms. The number of nitrogens with zero attached hydrogens (tertiary/aromatic N) is 4. The van der Waals surface area contributed by atoms with Crippen LogP contribution in [0.15, 0.2) is 47.6 Å². The Bertz CT molecular complexity index is 937. The first-order chi connectivity index (χ1) is 12.0. The Morgan fingerprint density at radius 3 is 2.56 bits per heavy atom. The number of nitro benzene ring substituents is 1. The molecule has 3 aromatic rings. The number of rotatable bonds is 5. The first-order valence-corrected chi connectivity index (χ1v) is 8.81. The van der Waals surface area contributed by atoms with Gasteiger partial charge < -0.3 is 0 Å². The van der Waals surface area contributed by atoms with Gasteiger partial charge in [0.2, 0.25) is 0 Å². The lowest BCUT2D eigenvalue weighted by molar-refractivity contribution is -0.385. The van der Waals surface area contributed by atoms with E-state index in [9.17, 15) is 10.1 Å². The van der Waals surface area contributed by atoms with E-state index < -0.39 is 0 Å². The summed E-state index contributed by atoms with van der Waals surface area (Å²) in [4.78, 5) is 10.8. The minimum Gasteiger partial charge on any atom is -0.274 e. The number of hydrogen-bond donors (Lipinski definition) is 0. The molecule has 0 aliphatic rings. The minimum absolute atomic E-state index is 0.148. The molecule has 1 aromatic heterocycles. The van der Waals surface area contributed by atoms with Crippen molar-refractivity contribution in [1.29, 1.82) is 0 Å². The van der Waals surface area contributed by atoms with Gasteiger partial charge in [-0.1, -0.05) is 42.1 Å². The van der Waals surface area contributed by atoms with Gasteiger partial charge in [-0.2, -0.15) is 0 Å². The van der Waals surface area contributed by atoms with Gasteiger partial charge in [0.1, 0.15) is 5.82 Å². The molecule has 0 radical (unpaired) electrons. The number of benzene rings is 2. The Balaban J connectivity index is 1.90. The van der Waals surface area contributed by atoms with Gasteiger partial charge in [0, 0.05) is 17.4 Å². The minimum atomic E-state index is -0.344. The molecular formula is C18H18N4O2S. The van der Waals surface area contributed by atoms with Gasteiger partial charge in [0.25, 0.3) is 5.69 Å². The van der Waals surface area contributed by atoms with Crippen LogP contribution < -0.4 is 0 Å². The molecule has 0 N–H and O–H groups in total. The molecule has 25 heavy (non-hydrogen) atoms. The second-order valence-corrected chi connectivity index (χ2v) is 6.70. The highest BCUT2D eigenvalue weighted by Gasteiger charge is 2.16. The maximum Gasteiger partial charge on any atom is 0.272 e. The smallest absolute Gasteiger partial charge is 0.272 e. The summed E-state index contributed by atoms with van der Waals surface area (Å²) in [5.74, 6) is 1.41. The second-order valence-electron chi connectivity index (χ2n) is 5.76. The van der Waals surface area contributed by atoms with Crippen LogP contribution in [0.2, 0.25) is 0 Å². The van der Waals surface area contributed by atoms with Crippen molar-refractivity contribution < 1.29 is 4.92 Å². The maximum absolute atomic E-state index is 11.1. The molecule has 0 aliphatic heterocycles. The molecule has 0 atom stereocenters. The summed E-state index contributed by atoms with van der Waals surface area (Å²) in [5, 5.41) is 20.4. The average molecular weight is 354 g/mol. The molecule has 6 nitrogen and oxygen atoms in total. The molecule has 0 amide bonds. The number of hydrogen-bond acceptors (Lipinski definition) is 5. The molecular weight excluding hydrogens is 336 g/mol. The second kappa shape index (κ2) is 7.06. The number of nitro groups is 1. The fourth-order valence-electron chi connectivity index (χ4n) is 2.69. The molecule has 0 unspecified atom stereocenters. The lowest BCUT2D eigenvalue weighted by Crippen LogP contribution is -2.02. The molecule has 0 bridgehead atoms. The van der Waals surface area contributed by atoms with E-state index in [0.29, 0.717) is 11.3 Å². The lowest BCUT2D eigenvalue weighted by atomic mass is 10.1. The van der Waals surface area contributed by atoms with Gasteiger partial charge in [-0.05, 0) is 38.0 Å². The van der Waals surface area contributed by atoms with Crippen LogP contribution in [0.3, 0.4) is 0 Å². The fourth-order valence-corrected chi connectivity index (χ4v) is 3.75. The zero-order valence-electron chi connectivity index (χ0n) is 14.3. The van der Waals surface area contributed by atoms with Gasteiger partial charge >= 0.3 is 0 Å². The monoisotopic (exact) mass is 354 g/mol. The van der Waals surface area contributed by atoms with Gasteiger partial charge in [0.15, 0.2) is 5.16 Å². The largest absolute Gasteiger partial charge is 0.274 e. The summed E-state index contributed by atoms with van der Waals surface area (Å²) >= 11 is 1.53. The summed E-state index contributed by atoms with van der Waals surface area (Å²) < 4.78 is 2.02. The number of aromatic nitrogens is 3. The molecule has 0 spiro atoms. The van der Waals surface area contributed by atoms with E-state index in [0.717, 1.165) is 27.8 Å². The van der Waals surface area contributed by atoms with E-state index in [4.69, 9.17) is 0 Å². The standard InChI is InChI=1S/C18H18N4O2S/c1-12-7-4-5-9-16(12)21-14(3)19-20-18(21)25-11-15-8-6-10-17(13(15)2)22(23)24/h4-10H,11H2,1-3H3. The first kappa shape index (κ1) is 17.2. The van der Waals surface area contributed by atoms with E-state index in [1.807, 2.05) is 48.7 Å². The van der Waals surface area contributed by atoms with E-state index in [2.05, 4.69) is 10.2 Å². The lowest BCUT2D eigenvalue weighted by Gasteiger charge is -2.11. The number of para-hydroxylation sites is 1. The Morgan fingerprint density at radius 1 is 1.08 bits per heavy atom. The van der Waals surface area contributed by atoms with Crippen LogP contribution in [-0.2, 0) is 5.75 Å². The summed E-state index contributed by atoms with van der Waals surface area (Å²) in [7, 11) is 0. The van der Waals surface area contributed by atoms with Gasteiger partial charge in [-0.15, -0.1) is 10.2 Å². The van der Waals surface area contributed by atoms with Crippen LogP contribution >= 0.6 is 11.8 Å². The Hall–Kier alpha value is -2.67. The molecule has 128 valence electrons. The molecule has 0 aliphatic carbocycles. The molecule has 0 saturated heterocycles. The van der Waals surface area contributed by atoms with Crippen LogP contribution in [-0.4, -0.2) is 19.7 Å². The Kier molecular flexibility index (Phi) is 4.85. The summed E-state index contributed by atoms with van der Waals surface area (Å²) in [6.07, 6.45) is 0. The van der Waals surface area contributed by atoms with E-state index in [-0.39, 0.29) is 10.6 Å². The zero-order chi connectivity index (χ0) is 18.0. The Labute approximate surface area is 150 Å². The summed E-state index contributed by atoms with van der Waals surface area (Å²) in [5.41, 5.74) is 3.95. The zero-order valence-corrected chi connectivity index (χ0v) is 15.1. The van der Waals surface area contributed by atoms with Crippen molar-refractivity contribution in [3.8, 4) is 5.69 Å². The third-order valence-electron chi connectivity index (χ3n) is 4.12. The first-order valence-electron chi connectivity index (χ1n) is 7.82. The third kappa shape index (κ3) is 3.41. The van der Waals surface area contributed by atoms with Crippen molar-refractivity contribution in [3.05, 3.63) is 75.1 Å². The topological polar surface area (TPSA) is 73.8 Å². The van der Waals surface area contributed by atoms with Crippen molar-refractivity contribution >= 4 is 17.4 Å². The van der Waals surface area contributed by atoms with Crippen molar-refractivity contribution in [3.63, 3.8) is 0 Å². The van der Waals surface area contributed by atoms with Gasteiger partial charge in [-0.25, -0.2) is 0 Å². The van der Waals surface area contributed by atoms with Crippen LogP contribution in [0.4, 0.5) is 5.69 Å². The molecule has 2 aromatic carbocycles. The van der Waals surface area contributed by atoms with Crippen molar-refractivity contribution in [2.45, 2.75) is 31.7 Å². The molecule has 1 heterocycles. The van der Waals surface area contributed by atoms with E-state index in [1.54, 1.807) is 13.0 Å². The third-order valence-corrected chi connectivity index (χ3v) is 5.10. The molecule has 0 saturated carbocycles. The van der Waals surface area contributed by atoms with Gasteiger partial charge in [0.05, 0.1) is 10.6 Å². The normalized spacial score (nSPS) is 10.8. The highest BCUT2D eigenvalue weighted by molar-refractivity contribution is 7.98. The highest BCUT2D eigenvalue weighted by atomic mass is 32.2. The average Bonchev–Trinajstić information content (AvgIpc) is 2.95. The number of aryl methyl sites for hydroxylation is 2. The van der Waals surface area contributed by atoms with Gasteiger partial charge in [-0.3, -0.25) is 14.7 Å². The van der Waals surface area contributed by atoms with Crippen molar-refractivity contribution in [2.24, 2.45) is 0 Å². The fraction of sp³-hybridized carbons (Fsp3) is 0.222. The summed E-state index contributed by atoms with van der Waals surface area (Å²) in [6.45, 7) is 5.75. The van der Waals surface area contributed by atoms with Crippen LogP contribution in [0.1, 0.15) is 22.5 Å². The van der Waals surface area contributed by atoms with Crippen LogP contribution in [0.25, 0.3) is 5.69 Å². The maximum atomic E-state index is 11.1.